The monoisotopic (exact) mass is 726 g/mol. The maximum atomic E-state index is 9.61. The molecule has 10 rings (SSSR count). The van der Waals surface area contributed by atoms with Crippen molar-refractivity contribution < 1.29 is 0 Å². The van der Waals surface area contributed by atoms with Gasteiger partial charge in [-0.05, 0) is 127 Å². The molecule has 0 saturated carbocycles. The third kappa shape index (κ3) is 5.82. The van der Waals surface area contributed by atoms with Gasteiger partial charge in [0.15, 0.2) is 0 Å². The van der Waals surface area contributed by atoms with Crippen molar-refractivity contribution in [2.75, 3.05) is 0 Å². The summed E-state index contributed by atoms with van der Waals surface area (Å²) < 4.78 is 0. The minimum Gasteiger partial charge on any atom is -0.255 e. The van der Waals surface area contributed by atoms with Crippen molar-refractivity contribution in [2.45, 2.75) is 5.41 Å². The van der Waals surface area contributed by atoms with Gasteiger partial charge in [-0.25, -0.2) is 4.98 Å². The molecule has 57 heavy (non-hydrogen) atoms. The molecule has 266 valence electrons. The van der Waals surface area contributed by atoms with Crippen molar-refractivity contribution in [3.8, 4) is 73.4 Å². The molecule has 0 atom stereocenters. The van der Waals surface area contributed by atoms with Crippen LogP contribution in [-0.4, -0.2) is 15.0 Å². The summed E-state index contributed by atoms with van der Waals surface area (Å²) in [5, 5.41) is 9.61. The third-order valence-corrected chi connectivity index (χ3v) is 11.1. The van der Waals surface area contributed by atoms with Gasteiger partial charge in [-0.15, -0.1) is 0 Å². The van der Waals surface area contributed by atoms with E-state index in [-0.39, 0.29) is 0 Å². The highest BCUT2D eigenvalue weighted by Gasteiger charge is 2.46. The Labute approximate surface area is 332 Å². The van der Waals surface area contributed by atoms with Gasteiger partial charge in [0.1, 0.15) is 0 Å². The summed E-state index contributed by atoms with van der Waals surface area (Å²) in [6.07, 6.45) is 3.62. The second-order valence-corrected chi connectivity index (χ2v) is 14.3. The quantitative estimate of drug-likeness (QED) is 0.164. The Morgan fingerprint density at radius 2 is 0.947 bits per heavy atom. The second-order valence-electron chi connectivity index (χ2n) is 14.3. The van der Waals surface area contributed by atoms with Gasteiger partial charge >= 0.3 is 0 Å². The first kappa shape index (κ1) is 33.8. The Balaban J connectivity index is 1.28. The molecule has 0 N–H and O–H groups in total. The molecule has 0 unspecified atom stereocenters. The van der Waals surface area contributed by atoms with Gasteiger partial charge in [-0.2, -0.15) is 5.26 Å². The van der Waals surface area contributed by atoms with Crippen LogP contribution in [0.25, 0.3) is 67.3 Å². The summed E-state index contributed by atoms with van der Waals surface area (Å²) in [5.74, 6) is 0. The largest absolute Gasteiger partial charge is 0.255 e. The van der Waals surface area contributed by atoms with Gasteiger partial charge in [-0.3, -0.25) is 9.97 Å². The summed E-state index contributed by atoms with van der Waals surface area (Å²) >= 11 is 0. The van der Waals surface area contributed by atoms with Crippen molar-refractivity contribution in [1.29, 1.82) is 5.26 Å². The first-order chi connectivity index (χ1) is 28.2. The summed E-state index contributed by atoms with van der Waals surface area (Å²) in [5.41, 5.74) is 16.9. The Hall–Kier alpha value is -7.74. The lowest BCUT2D eigenvalue weighted by Gasteiger charge is -2.34. The van der Waals surface area contributed by atoms with E-state index in [1.807, 2.05) is 67.0 Å². The van der Waals surface area contributed by atoms with Crippen LogP contribution in [0, 0.1) is 11.3 Å². The van der Waals surface area contributed by atoms with E-state index >= 15 is 0 Å². The molecule has 6 aromatic carbocycles. The molecule has 1 aliphatic carbocycles. The number of fused-ring (bicyclic) bond motifs is 3. The zero-order chi connectivity index (χ0) is 38.2. The van der Waals surface area contributed by atoms with Crippen molar-refractivity contribution in [3.63, 3.8) is 0 Å². The number of nitriles is 1. The molecule has 0 radical (unpaired) electrons. The number of pyridine rings is 3. The van der Waals surface area contributed by atoms with Gasteiger partial charge in [0.05, 0.1) is 39.8 Å². The number of aromatic nitrogens is 3. The second kappa shape index (κ2) is 14.2. The molecule has 4 nitrogen and oxygen atoms in total. The molecular formula is C53H34N4. The predicted octanol–water partition coefficient (Wildman–Crippen LogP) is 12.4. The van der Waals surface area contributed by atoms with E-state index in [4.69, 9.17) is 15.0 Å². The maximum absolute atomic E-state index is 9.61. The molecule has 9 aromatic rings. The van der Waals surface area contributed by atoms with Gasteiger partial charge < -0.3 is 0 Å². The highest BCUT2D eigenvalue weighted by Crippen LogP contribution is 2.58. The van der Waals surface area contributed by atoms with Crippen LogP contribution in [0.5, 0.6) is 0 Å². The maximum Gasteiger partial charge on any atom is 0.0991 e. The Kier molecular flexibility index (Phi) is 8.39. The fourth-order valence-electron chi connectivity index (χ4n) is 8.55. The molecule has 0 bridgehead atoms. The first-order valence-corrected chi connectivity index (χ1v) is 19.1. The number of nitrogens with zero attached hydrogens (tertiary/aromatic N) is 4. The molecule has 4 heteroatoms. The predicted molar refractivity (Wildman–Crippen MR) is 229 cm³/mol. The highest BCUT2D eigenvalue weighted by molar-refractivity contribution is 5.96. The van der Waals surface area contributed by atoms with E-state index in [9.17, 15) is 5.26 Å². The summed E-state index contributed by atoms with van der Waals surface area (Å²) in [6, 6.07) is 70.4. The van der Waals surface area contributed by atoms with Crippen molar-refractivity contribution in [2.24, 2.45) is 0 Å². The first-order valence-electron chi connectivity index (χ1n) is 19.1. The topological polar surface area (TPSA) is 62.5 Å². The molecule has 0 spiro atoms. The van der Waals surface area contributed by atoms with Crippen molar-refractivity contribution >= 4 is 0 Å². The Morgan fingerprint density at radius 1 is 0.368 bits per heavy atom. The molecule has 1 aliphatic rings. The van der Waals surface area contributed by atoms with Crippen LogP contribution in [0.1, 0.15) is 27.8 Å². The van der Waals surface area contributed by atoms with Crippen LogP contribution < -0.4 is 0 Å². The molecule has 0 saturated heterocycles. The number of hydrogen-bond donors (Lipinski definition) is 0. The molecule has 0 amide bonds. The Morgan fingerprint density at radius 3 is 1.56 bits per heavy atom. The van der Waals surface area contributed by atoms with Gasteiger partial charge in [-0.1, -0.05) is 133 Å². The lowest BCUT2D eigenvalue weighted by atomic mass is 9.67. The average molecular weight is 727 g/mol. The number of benzene rings is 6. The summed E-state index contributed by atoms with van der Waals surface area (Å²) in [6.45, 7) is 0. The van der Waals surface area contributed by atoms with E-state index in [1.165, 1.54) is 33.4 Å². The van der Waals surface area contributed by atoms with Crippen LogP contribution in [0.2, 0.25) is 0 Å². The van der Waals surface area contributed by atoms with Crippen LogP contribution in [0.3, 0.4) is 0 Å². The van der Waals surface area contributed by atoms with Gasteiger partial charge in [0.25, 0.3) is 0 Å². The minimum atomic E-state index is -0.560. The van der Waals surface area contributed by atoms with Gasteiger partial charge in [0.2, 0.25) is 0 Å². The molecular weight excluding hydrogens is 693 g/mol. The van der Waals surface area contributed by atoms with E-state index in [1.54, 1.807) is 0 Å². The van der Waals surface area contributed by atoms with Crippen LogP contribution in [-0.2, 0) is 5.41 Å². The highest BCUT2D eigenvalue weighted by atomic mass is 14.8. The zero-order valence-corrected chi connectivity index (χ0v) is 30.9. The lowest BCUT2D eigenvalue weighted by Crippen LogP contribution is -2.28. The number of rotatable bonds is 7. The molecule has 3 heterocycles. The van der Waals surface area contributed by atoms with E-state index in [0.717, 1.165) is 56.2 Å². The fourth-order valence-corrected chi connectivity index (χ4v) is 8.55. The summed E-state index contributed by atoms with van der Waals surface area (Å²) in [4.78, 5) is 14.6. The van der Waals surface area contributed by atoms with E-state index in [0.29, 0.717) is 5.56 Å². The fraction of sp³-hybridized carbons (Fsp3) is 0.0189. The third-order valence-electron chi connectivity index (χ3n) is 11.1. The Bertz CT molecular complexity index is 2840. The summed E-state index contributed by atoms with van der Waals surface area (Å²) in [7, 11) is 0. The minimum absolute atomic E-state index is 0.560. The zero-order valence-electron chi connectivity index (χ0n) is 30.9. The normalized spacial score (nSPS) is 12.3. The van der Waals surface area contributed by atoms with E-state index in [2.05, 4.69) is 146 Å². The lowest BCUT2D eigenvalue weighted by molar-refractivity contribution is 0.769. The van der Waals surface area contributed by atoms with Crippen LogP contribution >= 0.6 is 0 Å². The number of hydrogen-bond acceptors (Lipinski definition) is 4. The molecule has 3 aromatic heterocycles. The average Bonchev–Trinajstić information content (AvgIpc) is 3.59. The van der Waals surface area contributed by atoms with Crippen molar-refractivity contribution in [1.82, 2.24) is 15.0 Å². The molecule has 0 aliphatic heterocycles. The van der Waals surface area contributed by atoms with E-state index < -0.39 is 5.41 Å². The standard InChI is InChI=1S/C53H34N4/c54-35-36-14-13-15-39(30-36)37-24-26-38(27-25-37)45-34-48-46(43-20-7-8-21-47(43)53(48,41-16-3-1-4-17-41)42-18-5-2-6-19-42)33-44(45)40-31-51(49-22-9-11-28-55-49)57-52(32-40)50-23-10-12-29-56-50/h1-34H. The van der Waals surface area contributed by atoms with Crippen LogP contribution in [0.15, 0.2) is 207 Å². The SMILES string of the molecule is N#Cc1cccc(-c2ccc(-c3cc4c(cc3-c3cc(-c5ccccn5)nc(-c5ccccn5)c3)-c3ccccc3C4(c3ccccc3)c3ccccc3)cc2)c1. The van der Waals surface area contributed by atoms with Gasteiger partial charge in [0, 0.05) is 12.4 Å². The van der Waals surface area contributed by atoms with Crippen molar-refractivity contribution in [3.05, 3.63) is 234 Å². The molecule has 0 fully saturated rings. The van der Waals surface area contributed by atoms with Crippen LogP contribution in [0.4, 0.5) is 0 Å². The smallest absolute Gasteiger partial charge is 0.0991 e.